The lowest BCUT2D eigenvalue weighted by Crippen LogP contribution is -2.07. The third-order valence-corrected chi connectivity index (χ3v) is 3.73. The first-order valence-corrected chi connectivity index (χ1v) is 8.71. The minimum absolute atomic E-state index is 0.162. The van der Waals surface area contributed by atoms with Gasteiger partial charge in [-0.05, 0) is 44.9 Å². The summed E-state index contributed by atoms with van der Waals surface area (Å²) in [6.45, 7) is 2.24. The van der Waals surface area contributed by atoms with Gasteiger partial charge >= 0.3 is 5.97 Å². The van der Waals surface area contributed by atoms with Gasteiger partial charge in [0.15, 0.2) is 0 Å². The van der Waals surface area contributed by atoms with Crippen LogP contribution in [0.3, 0.4) is 0 Å². The van der Waals surface area contributed by atoms with E-state index in [1.807, 2.05) is 0 Å². The summed E-state index contributed by atoms with van der Waals surface area (Å²) in [5.74, 6) is -0.778. The average molecular weight is 298 g/mol. The zero-order valence-electron chi connectivity index (χ0n) is 13.7. The van der Waals surface area contributed by atoms with Crippen LogP contribution in [0.4, 0.5) is 0 Å². The van der Waals surface area contributed by atoms with Crippen molar-refractivity contribution in [3.63, 3.8) is 0 Å². The molecule has 0 fully saturated rings. The van der Waals surface area contributed by atoms with Crippen molar-refractivity contribution in [3.8, 4) is 0 Å². The quantitative estimate of drug-likeness (QED) is 0.327. The maximum absolute atomic E-state index is 10.3. The average Bonchev–Trinajstić information content (AvgIpc) is 2.44. The summed E-state index contributed by atoms with van der Waals surface area (Å²) >= 11 is 0. The molecule has 0 amide bonds. The molecule has 0 radical (unpaired) electrons. The molecule has 3 nitrogen and oxygen atoms in total. The highest BCUT2D eigenvalue weighted by molar-refractivity contribution is 5.66. The summed E-state index contributed by atoms with van der Waals surface area (Å²) < 4.78 is 0. The molecule has 1 atom stereocenters. The zero-order valence-corrected chi connectivity index (χ0v) is 13.7. The first-order valence-electron chi connectivity index (χ1n) is 8.71. The van der Waals surface area contributed by atoms with E-state index in [0.717, 1.165) is 19.3 Å². The monoisotopic (exact) mass is 298 g/mol. The Balaban J connectivity index is 3.25. The molecule has 2 N–H and O–H groups in total. The molecular weight excluding hydrogens is 264 g/mol. The van der Waals surface area contributed by atoms with E-state index in [9.17, 15) is 9.90 Å². The van der Waals surface area contributed by atoms with Crippen LogP contribution < -0.4 is 0 Å². The van der Waals surface area contributed by atoms with E-state index in [1.165, 1.54) is 44.9 Å². The number of unbranched alkanes of at least 4 members (excludes halogenated alkanes) is 7. The van der Waals surface area contributed by atoms with E-state index in [4.69, 9.17) is 5.11 Å². The number of aliphatic hydroxyl groups excluding tert-OH is 1. The van der Waals surface area contributed by atoms with Crippen molar-refractivity contribution in [2.75, 3.05) is 0 Å². The molecule has 0 aliphatic carbocycles. The highest BCUT2D eigenvalue weighted by Crippen LogP contribution is 2.10. The molecule has 21 heavy (non-hydrogen) atoms. The number of hydrogen-bond donors (Lipinski definition) is 2. The second kappa shape index (κ2) is 15.6. The zero-order chi connectivity index (χ0) is 15.8. The van der Waals surface area contributed by atoms with Gasteiger partial charge in [-0.3, -0.25) is 4.79 Å². The van der Waals surface area contributed by atoms with Crippen molar-refractivity contribution in [1.29, 1.82) is 0 Å². The molecule has 0 saturated heterocycles. The maximum Gasteiger partial charge on any atom is 0.303 e. The number of rotatable bonds is 15. The Labute approximate surface area is 130 Å². The summed E-state index contributed by atoms with van der Waals surface area (Å²) in [5, 5.41) is 18.2. The third-order valence-electron chi connectivity index (χ3n) is 3.73. The largest absolute Gasteiger partial charge is 0.481 e. The number of carboxylic acids is 1. The fourth-order valence-electron chi connectivity index (χ4n) is 2.38. The van der Waals surface area contributed by atoms with Crippen molar-refractivity contribution in [2.45, 2.75) is 96.5 Å². The van der Waals surface area contributed by atoms with Crippen molar-refractivity contribution < 1.29 is 15.0 Å². The molecule has 0 aromatic carbocycles. The maximum atomic E-state index is 10.3. The van der Waals surface area contributed by atoms with E-state index in [2.05, 4.69) is 19.1 Å². The van der Waals surface area contributed by atoms with Gasteiger partial charge in [-0.15, -0.1) is 0 Å². The van der Waals surface area contributed by atoms with Crippen molar-refractivity contribution in [3.05, 3.63) is 12.2 Å². The number of carbonyl (C=O) groups is 1. The summed E-state index contributed by atoms with van der Waals surface area (Å²) in [4.78, 5) is 10.3. The molecule has 0 saturated carbocycles. The van der Waals surface area contributed by atoms with Crippen LogP contribution in [0.15, 0.2) is 12.2 Å². The van der Waals surface area contributed by atoms with Crippen LogP contribution in [0, 0.1) is 0 Å². The van der Waals surface area contributed by atoms with E-state index >= 15 is 0 Å². The molecule has 0 aromatic heterocycles. The van der Waals surface area contributed by atoms with Crippen molar-refractivity contribution >= 4 is 5.97 Å². The van der Waals surface area contributed by atoms with Crippen LogP contribution in [-0.4, -0.2) is 22.3 Å². The lowest BCUT2D eigenvalue weighted by molar-refractivity contribution is -0.137. The van der Waals surface area contributed by atoms with Gasteiger partial charge in [0.2, 0.25) is 0 Å². The number of allylic oxidation sites excluding steroid dienone is 2. The Bertz CT molecular complexity index is 261. The smallest absolute Gasteiger partial charge is 0.303 e. The Morgan fingerprint density at radius 3 is 2.14 bits per heavy atom. The van der Waals surface area contributed by atoms with Gasteiger partial charge in [0, 0.05) is 6.42 Å². The molecule has 1 unspecified atom stereocenters. The minimum atomic E-state index is -0.778. The van der Waals surface area contributed by atoms with Gasteiger partial charge in [0.05, 0.1) is 6.10 Å². The molecule has 124 valence electrons. The summed E-state index contributed by atoms with van der Waals surface area (Å²) in [7, 11) is 0. The molecule has 0 spiro atoms. The lowest BCUT2D eigenvalue weighted by atomic mass is 10.1. The van der Waals surface area contributed by atoms with Crippen LogP contribution in [0.25, 0.3) is 0 Å². The second-order valence-electron chi connectivity index (χ2n) is 5.90. The van der Waals surface area contributed by atoms with Crippen LogP contribution in [0.5, 0.6) is 0 Å². The number of carboxylic acid groups (broad SMARTS) is 1. The van der Waals surface area contributed by atoms with E-state index in [-0.39, 0.29) is 12.5 Å². The van der Waals surface area contributed by atoms with E-state index in [1.54, 1.807) is 0 Å². The highest BCUT2D eigenvalue weighted by Gasteiger charge is 2.04. The SMILES string of the molecule is CCCCCCCCC=CCCCC(O)CCCC(=O)O. The number of aliphatic hydroxyl groups is 1. The minimum Gasteiger partial charge on any atom is -0.481 e. The van der Waals surface area contributed by atoms with Gasteiger partial charge in [-0.1, -0.05) is 51.2 Å². The Hall–Kier alpha value is -0.830. The first kappa shape index (κ1) is 20.2. The molecule has 0 rings (SSSR count). The lowest BCUT2D eigenvalue weighted by Gasteiger charge is -2.08. The van der Waals surface area contributed by atoms with Crippen LogP contribution in [-0.2, 0) is 4.79 Å². The Morgan fingerprint density at radius 2 is 1.48 bits per heavy atom. The molecule has 0 aromatic rings. The Morgan fingerprint density at radius 1 is 0.905 bits per heavy atom. The van der Waals surface area contributed by atoms with Gasteiger partial charge in [-0.2, -0.15) is 0 Å². The predicted molar refractivity (Wildman–Crippen MR) is 88.5 cm³/mol. The standard InChI is InChI=1S/C18H34O3/c1-2-3-4-5-6-7-8-9-10-11-12-14-17(19)15-13-16-18(20)21/h9-10,17,19H,2-8,11-16H2,1H3,(H,20,21). The van der Waals surface area contributed by atoms with Gasteiger partial charge < -0.3 is 10.2 Å². The third kappa shape index (κ3) is 17.1. The molecule has 3 heteroatoms. The molecule has 0 aliphatic heterocycles. The van der Waals surface area contributed by atoms with Crippen molar-refractivity contribution in [1.82, 2.24) is 0 Å². The first-order chi connectivity index (χ1) is 10.2. The fourth-order valence-corrected chi connectivity index (χ4v) is 2.38. The van der Waals surface area contributed by atoms with Gasteiger partial charge in [0.25, 0.3) is 0 Å². The summed E-state index contributed by atoms with van der Waals surface area (Å²) in [5.41, 5.74) is 0. The second-order valence-corrected chi connectivity index (χ2v) is 5.90. The van der Waals surface area contributed by atoms with Crippen LogP contribution >= 0.6 is 0 Å². The number of hydrogen-bond acceptors (Lipinski definition) is 2. The topological polar surface area (TPSA) is 57.5 Å². The molecular formula is C18H34O3. The highest BCUT2D eigenvalue weighted by atomic mass is 16.4. The van der Waals surface area contributed by atoms with Crippen LogP contribution in [0.2, 0.25) is 0 Å². The normalized spacial score (nSPS) is 12.9. The summed E-state index contributed by atoms with van der Waals surface area (Å²) in [6, 6.07) is 0. The van der Waals surface area contributed by atoms with E-state index in [0.29, 0.717) is 12.8 Å². The fraction of sp³-hybridized carbons (Fsp3) is 0.833. The molecule has 0 heterocycles. The van der Waals surface area contributed by atoms with E-state index < -0.39 is 5.97 Å². The van der Waals surface area contributed by atoms with Gasteiger partial charge in [-0.25, -0.2) is 0 Å². The van der Waals surface area contributed by atoms with Gasteiger partial charge in [0.1, 0.15) is 0 Å². The molecule has 0 aliphatic rings. The number of aliphatic carboxylic acids is 1. The van der Waals surface area contributed by atoms with Crippen molar-refractivity contribution in [2.24, 2.45) is 0 Å². The van der Waals surface area contributed by atoms with Crippen LogP contribution in [0.1, 0.15) is 90.4 Å². The molecule has 0 bridgehead atoms. The summed E-state index contributed by atoms with van der Waals surface area (Å²) in [6.07, 6.45) is 17.5. The Kier molecular flexibility index (Phi) is 14.9. The predicted octanol–water partition coefficient (Wildman–Crippen LogP) is 5.08.